The maximum absolute atomic E-state index is 13.8. The predicted octanol–water partition coefficient (Wildman–Crippen LogP) is 6.02. The van der Waals surface area contributed by atoms with Crippen molar-refractivity contribution in [3.05, 3.63) is 94.8 Å². The molecule has 2 heterocycles. The normalized spacial score (nSPS) is 17.2. The fourth-order valence-electron chi connectivity index (χ4n) is 4.33. The highest BCUT2D eigenvalue weighted by Gasteiger charge is 2.48. The standard InChI is InChI=1S/C28H23FN2O4S/c1-3-16-8-10-17(11-9-16)24-23(25(32)18-6-5-7-20(14-18)35-4-2)26(33)27(34)31(24)28-30-21-13-12-19(29)15-22(21)36-28/h5-15,24,32H,3-4H2,1-2H3. The summed E-state index contributed by atoms with van der Waals surface area (Å²) in [5.41, 5.74) is 2.58. The molecule has 4 aromatic rings. The Bertz CT molecular complexity index is 1510. The Balaban J connectivity index is 1.70. The van der Waals surface area contributed by atoms with E-state index in [1.54, 1.807) is 24.3 Å². The van der Waals surface area contributed by atoms with Crippen LogP contribution in [0.4, 0.5) is 9.52 Å². The molecule has 0 spiro atoms. The lowest BCUT2D eigenvalue weighted by Gasteiger charge is -2.23. The van der Waals surface area contributed by atoms with Crippen LogP contribution in [0.15, 0.2) is 72.3 Å². The molecular weight excluding hydrogens is 479 g/mol. The van der Waals surface area contributed by atoms with Crippen molar-refractivity contribution in [1.82, 2.24) is 4.98 Å². The zero-order valence-corrected chi connectivity index (χ0v) is 20.5. The van der Waals surface area contributed by atoms with Gasteiger partial charge in [0.15, 0.2) is 5.13 Å². The van der Waals surface area contributed by atoms with Crippen molar-refractivity contribution in [2.75, 3.05) is 11.5 Å². The Kier molecular flexibility index (Phi) is 6.28. The van der Waals surface area contributed by atoms with Crippen molar-refractivity contribution in [3.63, 3.8) is 0 Å². The van der Waals surface area contributed by atoms with Gasteiger partial charge in [-0.1, -0.05) is 54.7 Å². The first-order valence-corrected chi connectivity index (χ1v) is 12.4. The lowest BCUT2D eigenvalue weighted by molar-refractivity contribution is -0.132. The molecule has 0 aliphatic carbocycles. The molecule has 1 unspecified atom stereocenters. The summed E-state index contributed by atoms with van der Waals surface area (Å²) in [6.45, 7) is 4.32. The van der Waals surface area contributed by atoms with Crippen molar-refractivity contribution in [2.45, 2.75) is 26.3 Å². The molecule has 1 aliphatic heterocycles. The largest absolute Gasteiger partial charge is 0.507 e. The van der Waals surface area contributed by atoms with Crippen LogP contribution in [-0.2, 0) is 16.0 Å². The molecule has 1 aromatic heterocycles. The second-order valence-electron chi connectivity index (χ2n) is 8.33. The van der Waals surface area contributed by atoms with Crippen molar-refractivity contribution in [2.24, 2.45) is 0 Å². The van der Waals surface area contributed by atoms with Gasteiger partial charge in [-0.2, -0.15) is 0 Å². The van der Waals surface area contributed by atoms with E-state index in [1.807, 2.05) is 38.1 Å². The van der Waals surface area contributed by atoms with Crippen LogP contribution < -0.4 is 9.64 Å². The lowest BCUT2D eigenvalue weighted by atomic mass is 9.94. The molecule has 1 atom stereocenters. The molecule has 1 N–H and O–H groups in total. The summed E-state index contributed by atoms with van der Waals surface area (Å²) >= 11 is 1.12. The third kappa shape index (κ3) is 4.13. The minimum atomic E-state index is -0.905. The molecule has 0 saturated carbocycles. The monoisotopic (exact) mass is 502 g/mol. The Labute approximate surface area is 211 Å². The van der Waals surface area contributed by atoms with Gasteiger partial charge in [-0.25, -0.2) is 9.37 Å². The highest BCUT2D eigenvalue weighted by Crippen LogP contribution is 2.44. The summed E-state index contributed by atoms with van der Waals surface area (Å²) in [5, 5.41) is 11.6. The number of aromatic nitrogens is 1. The number of carbonyl (C=O) groups is 2. The third-order valence-electron chi connectivity index (χ3n) is 6.11. The van der Waals surface area contributed by atoms with E-state index in [1.165, 1.54) is 23.1 Å². The van der Waals surface area contributed by atoms with Crippen molar-refractivity contribution in [3.8, 4) is 5.75 Å². The van der Waals surface area contributed by atoms with E-state index in [-0.39, 0.29) is 16.5 Å². The van der Waals surface area contributed by atoms with Crippen LogP contribution >= 0.6 is 11.3 Å². The summed E-state index contributed by atoms with van der Waals surface area (Å²) in [6.07, 6.45) is 0.828. The molecule has 1 amide bonds. The molecule has 8 heteroatoms. The van der Waals surface area contributed by atoms with Crippen LogP contribution in [0.25, 0.3) is 16.0 Å². The molecular formula is C28H23FN2O4S. The number of aliphatic hydroxyl groups excluding tert-OH is 1. The van der Waals surface area contributed by atoms with Gasteiger partial charge in [0.25, 0.3) is 5.78 Å². The molecule has 1 aliphatic rings. The van der Waals surface area contributed by atoms with Crippen molar-refractivity contribution in [1.29, 1.82) is 0 Å². The lowest BCUT2D eigenvalue weighted by Crippen LogP contribution is -2.29. The van der Waals surface area contributed by atoms with E-state index in [0.29, 0.717) is 33.7 Å². The predicted molar refractivity (Wildman–Crippen MR) is 138 cm³/mol. The van der Waals surface area contributed by atoms with Crippen LogP contribution in [-0.4, -0.2) is 28.4 Å². The Morgan fingerprint density at radius 1 is 1.08 bits per heavy atom. The first-order valence-electron chi connectivity index (χ1n) is 11.6. The quantitative estimate of drug-likeness (QED) is 0.198. The number of nitrogens with zero attached hydrogens (tertiary/aromatic N) is 2. The minimum Gasteiger partial charge on any atom is -0.507 e. The number of halogens is 1. The van der Waals surface area contributed by atoms with Gasteiger partial charge in [-0.15, -0.1) is 0 Å². The molecule has 0 radical (unpaired) electrons. The number of amides is 1. The summed E-state index contributed by atoms with van der Waals surface area (Å²) in [6, 6.07) is 17.6. The first kappa shape index (κ1) is 23.7. The summed E-state index contributed by atoms with van der Waals surface area (Å²) < 4.78 is 19.9. The highest BCUT2D eigenvalue weighted by atomic mass is 32.1. The van der Waals surface area contributed by atoms with E-state index >= 15 is 0 Å². The van der Waals surface area contributed by atoms with Gasteiger partial charge >= 0.3 is 5.91 Å². The van der Waals surface area contributed by atoms with Crippen LogP contribution in [0, 0.1) is 5.82 Å². The second-order valence-corrected chi connectivity index (χ2v) is 9.34. The minimum absolute atomic E-state index is 0.0386. The van der Waals surface area contributed by atoms with Gasteiger partial charge in [0, 0.05) is 5.56 Å². The molecule has 0 bridgehead atoms. The van der Waals surface area contributed by atoms with Gasteiger partial charge in [-0.05, 0) is 54.8 Å². The number of Topliss-reactive ketones (excluding diaryl/α,β-unsaturated/α-hetero) is 1. The second kappa shape index (κ2) is 9.54. The van der Waals surface area contributed by atoms with Crippen LogP contribution in [0.2, 0.25) is 0 Å². The van der Waals surface area contributed by atoms with Gasteiger partial charge < -0.3 is 9.84 Å². The SMILES string of the molecule is CCOc1cccc(C(O)=C2C(=O)C(=O)N(c3nc4ccc(F)cc4s3)C2c2ccc(CC)cc2)c1. The van der Waals surface area contributed by atoms with E-state index in [0.717, 1.165) is 23.3 Å². The highest BCUT2D eigenvalue weighted by molar-refractivity contribution is 7.22. The zero-order valence-electron chi connectivity index (χ0n) is 19.7. The number of aryl methyl sites for hydroxylation is 1. The number of hydrogen-bond acceptors (Lipinski definition) is 6. The van der Waals surface area contributed by atoms with Gasteiger partial charge in [0.05, 0.1) is 28.4 Å². The maximum atomic E-state index is 13.8. The number of hydrogen-bond donors (Lipinski definition) is 1. The number of rotatable bonds is 6. The molecule has 6 nitrogen and oxygen atoms in total. The topological polar surface area (TPSA) is 79.7 Å². The number of benzene rings is 3. The molecule has 36 heavy (non-hydrogen) atoms. The van der Waals surface area contributed by atoms with Crippen LogP contribution in [0.1, 0.15) is 36.6 Å². The number of fused-ring (bicyclic) bond motifs is 1. The maximum Gasteiger partial charge on any atom is 0.301 e. The average molecular weight is 503 g/mol. The first-order chi connectivity index (χ1) is 17.4. The average Bonchev–Trinajstić information content (AvgIpc) is 3.41. The number of aliphatic hydroxyl groups is 1. The molecule has 1 fully saturated rings. The molecule has 182 valence electrons. The Morgan fingerprint density at radius 3 is 2.58 bits per heavy atom. The molecule has 5 rings (SSSR count). The fraction of sp³-hybridized carbons (Fsp3) is 0.179. The van der Waals surface area contributed by atoms with E-state index < -0.39 is 23.5 Å². The smallest absolute Gasteiger partial charge is 0.301 e. The van der Waals surface area contributed by atoms with Gasteiger partial charge in [0.2, 0.25) is 0 Å². The number of thiazole rings is 1. The third-order valence-corrected chi connectivity index (χ3v) is 7.13. The van der Waals surface area contributed by atoms with Gasteiger partial charge in [-0.3, -0.25) is 14.5 Å². The fourth-order valence-corrected chi connectivity index (χ4v) is 5.34. The number of carbonyl (C=O) groups excluding carboxylic acids is 2. The number of ether oxygens (including phenoxy) is 1. The number of anilines is 1. The molecule has 3 aromatic carbocycles. The van der Waals surface area contributed by atoms with Crippen molar-refractivity contribution < 1.29 is 23.8 Å². The number of ketones is 1. The Morgan fingerprint density at radius 2 is 1.86 bits per heavy atom. The van der Waals surface area contributed by atoms with Crippen molar-refractivity contribution >= 4 is 44.1 Å². The molecule has 1 saturated heterocycles. The van der Waals surface area contributed by atoms with E-state index in [9.17, 15) is 19.1 Å². The van der Waals surface area contributed by atoms with Crippen LogP contribution in [0.3, 0.4) is 0 Å². The van der Waals surface area contributed by atoms with E-state index in [4.69, 9.17) is 4.74 Å². The summed E-state index contributed by atoms with van der Waals surface area (Å²) in [4.78, 5) is 32.5. The Hall–Kier alpha value is -4.04. The summed E-state index contributed by atoms with van der Waals surface area (Å²) in [7, 11) is 0. The van der Waals surface area contributed by atoms with E-state index in [2.05, 4.69) is 4.98 Å². The zero-order chi connectivity index (χ0) is 25.4. The summed E-state index contributed by atoms with van der Waals surface area (Å²) in [5.74, 6) is -1.80. The van der Waals surface area contributed by atoms with Crippen LogP contribution in [0.5, 0.6) is 5.75 Å². The van der Waals surface area contributed by atoms with Gasteiger partial charge in [0.1, 0.15) is 17.3 Å².